The highest BCUT2D eigenvalue weighted by Crippen LogP contribution is 2.33. The molecule has 2 unspecified atom stereocenters. The van der Waals surface area contributed by atoms with Gasteiger partial charge in [-0.05, 0) is 58.9 Å². The molecule has 2 atom stereocenters. The van der Waals surface area contributed by atoms with Crippen LogP contribution in [0.1, 0.15) is 42.4 Å². The van der Waals surface area contributed by atoms with Gasteiger partial charge >= 0.3 is 0 Å². The largest absolute Gasteiger partial charge is 0.451 e. The van der Waals surface area contributed by atoms with Crippen LogP contribution in [0.4, 0.5) is 10.1 Å². The standard InChI is InChI=1S/C33H31FN4O4/c1-33(2,3)22-11-13-24(14-12-22)38(32(41)28-19-42-20-36-28)30(26-18-29(39)37-27-10-5-4-9-25(26)27)31(40)35-16-15-21-7-6-8-23(34)17-21/h4-14,17-20,25,30H,15-16H2,1-3H3,(H,35,40). The number of carbonyl (C=O) groups is 3. The number of aromatic nitrogens is 1. The maximum atomic E-state index is 14.1. The minimum absolute atomic E-state index is 0.00293. The predicted molar refractivity (Wildman–Crippen MR) is 158 cm³/mol. The molecule has 1 N–H and O–H groups in total. The number of hydrogen-bond acceptors (Lipinski definition) is 5. The molecule has 42 heavy (non-hydrogen) atoms. The van der Waals surface area contributed by atoms with Gasteiger partial charge in [0, 0.05) is 24.2 Å². The molecule has 0 fully saturated rings. The van der Waals surface area contributed by atoms with Crippen LogP contribution in [0.25, 0.3) is 0 Å². The fraction of sp³-hybridized carbons (Fsp3) is 0.242. The maximum Gasteiger partial charge on any atom is 0.281 e. The number of nitrogens with one attached hydrogen (secondary N) is 1. The number of hydrogen-bond donors (Lipinski definition) is 1. The van der Waals surface area contributed by atoms with Gasteiger partial charge in [-0.25, -0.2) is 14.4 Å². The Kier molecular flexibility index (Phi) is 8.10. The summed E-state index contributed by atoms with van der Waals surface area (Å²) in [7, 11) is 0. The van der Waals surface area contributed by atoms with Crippen LogP contribution in [0, 0.1) is 11.7 Å². The van der Waals surface area contributed by atoms with Crippen molar-refractivity contribution >= 4 is 29.1 Å². The van der Waals surface area contributed by atoms with E-state index in [0.29, 0.717) is 29.0 Å². The van der Waals surface area contributed by atoms with E-state index >= 15 is 0 Å². The molecular formula is C33H31FN4O4. The Labute approximate surface area is 243 Å². The van der Waals surface area contributed by atoms with E-state index in [4.69, 9.17) is 4.42 Å². The lowest BCUT2D eigenvalue weighted by molar-refractivity contribution is -0.121. The van der Waals surface area contributed by atoms with E-state index in [0.717, 1.165) is 12.0 Å². The number of rotatable bonds is 8. The highest BCUT2D eigenvalue weighted by atomic mass is 19.1. The molecular weight excluding hydrogens is 535 g/mol. The molecule has 2 aromatic carbocycles. The third-order valence-corrected chi connectivity index (χ3v) is 7.19. The molecule has 8 nitrogen and oxygen atoms in total. The Bertz CT molecular complexity index is 1610. The molecule has 3 amide bonds. The minimum Gasteiger partial charge on any atom is -0.451 e. The van der Waals surface area contributed by atoms with E-state index in [1.807, 2.05) is 24.3 Å². The normalized spacial score (nSPS) is 16.8. The van der Waals surface area contributed by atoms with E-state index in [1.54, 1.807) is 36.4 Å². The fourth-order valence-corrected chi connectivity index (χ4v) is 5.05. The first kappa shape index (κ1) is 28.6. The van der Waals surface area contributed by atoms with Gasteiger partial charge in [0.1, 0.15) is 18.1 Å². The van der Waals surface area contributed by atoms with Crippen LogP contribution in [0.15, 0.2) is 107 Å². The fourth-order valence-electron chi connectivity index (χ4n) is 5.05. The number of allylic oxidation sites excluding steroid dienone is 4. The Morgan fingerprint density at radius 1 is 1.12 bits per heavy atom. The first-order chi connectivity index (χ1) is 20.1. The van der Waals surface area contributed by atoms with Crippen molar-refractivity contribution in [2.75, 3.05) is 11.4 Å². The van der Waals surface area contributed by atoms with Crippen LogP contribution in [0.2, 0.25) is 0 Å². The van der Waals surface area contributed by atoms with Crippen LogP contribution in [-0.4, -0.2) is 41.0 Å². The molecule has 0 radical (unpaired) electrons. The summed E-state index contributed by atoms with van der Waals surface area (Å²) >= 11 is 0. The SMILES string of the molecule is CC(C)(C)c1ccc(N(C(=O)c2cocn2)C(C(=O)NCCc2cccc(F)c2)C2=CC(=O)N=C3C=CC=CC23)cc1. The lowest BCUT2D eigenvalue weighted by Gasteiger charge is -2.36. The summed E-state index contributed by atoms with van der Waals surface area (Å²) in [6, 6.07) is 12.3. The highest BCUT2D eigenvalue weighted by molar-refractivity contribution is 6.15. The van der Waals surface area contributed by atoms with Gasteiger partial charge in [0.15, 0.2) is 12.1 Å². The Morgan fingerprint density at radius 3 is 2.60 bits per heavy atom. The van der Waals surface area contributed by atoms with Crippen LogP contribution in [0.5, 0.6) is 0 Å². The molecule has 0 bridgehead atoms. The monoisotopic (exact) mass is 566 g/mol. The van der Waals surface area contributed by atoms with Gasteiger partial charge in [0.05, 0.1) is 5.71 Å². The van der Waals surface area contributed by atoms with Gasteiger partial charge in [-0.2, -0.15) is 0 Å². The molecule has 214 valence electrons. The summed E-state index contributed by atoms with van der Waals surface area (Å²) in [6.45, 7) is 6.42. The molecule has 5 rings (SSSR count). The number of aliphatic imine (C=N–C) groups is 1. The topological polar surface area (TPSA) is 105 Å². The summed E-state index contributed by atoms with van der Waals surface area (Å²) in [5.74, 6) is -2.48. The highest BCUT2D eigenvalue weighted by Gasteiger charge is 2.40. The van der Waals surface area contributed by atoms with Crippen molar-refractivity contribution in [3.63, 3.8) is 0 Å². The summed E-state index contributed by atoms with van der Waals surface area (Å²) in [5.41, 5.74) is 2.92. The van der Waals surface area contributed by atoms with Crippen molar-refractivity contribution in [3.05, 3.63) is 120 Å². The molecule has 1 aromatic heterocycles. The van der Waals surface area contributed by atoms with Gasteiger partial charge in [-0.1, -0.05) is 63.3 Å². The number of oxazole rings is 1. The zero-order valence-corrected chi connectivity index (χ0v) is 23.6. The number of carbonyl (C=O) groups excluding carboxylic acids is 3. The van der Waals surface area contributed by atoms with Crippen molar-refractivity contribution in [3.8, 4) is 0 Å². The number of benzene rings is 2. The van der Waals surface area contributed by atoms with E-state index in [9.17, 15) is 18.8 Å². The lowest BCUT2D eigenvalue weighted by Crippen LogP contribution is -2.53. The van der Waals surface area contributed by atoms with Gasteiger partial charge in [-0.15, -0.1) is 0 Å². The second kappa shape index (κ2) is 11.9. The number of amides is 3. The summed E-state index contributed by atoms with van der Waals surface area (Å²) in [5, 5.41) is 2.91. The Morgan fingerprint density at radius 2 is 1.90 bits per heavy atom. The van der Waals surface area contributed by atoms with E-state index in [-0.39, 0.29) is 23.5 Å². The van der Waals surface area contributed by atoms with Gasteiger partial charge in [-0.3, -0.25) is 19.3 Å². The van der Waals surface area contributed by atoms with Crippen molar-refractivity contribution in [1.29, 1.82) is 0 Å². The van der Waals surface area contributed by atoms with Crippen LogP contribution < -0.4 is 10.2 Å². The molecule has 9 heteroatoms. The van der Waals surface area contributed by atoms with Crippen molar-refractivity contribution in [1.82, 2.24) is 10.3 Å². The molecule has 0 spiro atoms. The second-order valence-corrected chi connectivity index (χ2v) is 11.2. The third kappa shape index (κ3) is 6.20. The van der Waals surface area contributed by atoms with Crippen LogP contribution >= 0.6 is 0 Å². The average Bonchev–Trinajstić information content (AvgIpc) is 3.50. The molecule has 2 heterocycles. The van der Waals surface area contributed by atoms with Crippen molar-refractivity contribution < 1.29 is 23.2 Å². The Hall–Kier alpha value is -4.92. The molecule has 3 aromatic rings. The first-order valence-corrected chi connectivity index (χ1v) is 13.6. The van der Waals surface area contributed by atoms with Crippen molar-refractivity contribution in [2.45, 2.75) is 38.6 Å². The molecule has 2 aliphatic rings. The molecule has 0 saturated heterocycles. The minimum atomic E-state index is -1.24. The zero-order chi connectivity index (χ0) is 29.9. The van der Waals surface area contributed by atoms with Gasteiger partial charge in [0.25, 0.3) is 11.8 Å². The Balaban J connectivity index is 1.57. The zero-order valence-electron chi connectivity index (χ0n) is 23.6. The lowest BCUT2D eigenvalue weighted by atomic mass is 9.82. The average molecular weight is 567 g/mol. The number of fused-ring (bicyclic) bond motifs is 1. The summed E-state index contributed by atoms with van der Waals surface area (Å²) in [6.07, 6.45) is 11.2. The van der Waals surface area contributed by atoms with E-state index in [1.165, 1.54) is 29.4 Å². The number of dihydropyridines is 1. The van der Waals surface area contributed by atoms with E-state index in [2.05, 4.69) is 36.1 Å². The smallest absolute Gasteiger partial charge is 0.281 e. The number of halogens is 1. The van der Waals surface area contributed by atoms with Crippen LogP contribution in [0.3, 0.4) is 0 Å². The summed E-state index contributed by atoms with van der Waals surface area (Å²) in [4.78, 5) is 50.5. The quantitative estimate of drug-likeness (QED) is 0.407. The molecule has 1 aliphatic carbocycles. The van der Waals surface area contributed by atoms with E-state index < -0.39 is 29.7 Å². The summed E-state index contributed by atoms with van der Waals surface area (Å²) < 4.78 is 18.8. The van der Waals surface area contributed by atoms with Crippen LogP contribution in [-0.2, 0) is 21.4 Å². The van der Waals surface area contributed by atoms with Gasteiger partial charge < -0.3 is 9.73 Å². The maximum absolute atomic E-state index is 14.1. The van der Waals surface area contributed by atoms with Gasteiger partial charge in [0.2, 0.25) is 5.91 Å². The predicted octanol–water partition coefficient (Wildman–Crippen LogP) is 5.14. The number of anilines is 1. The number of nitrogens with zero attached hydrogens (tertiary/aromatic N) is 3. The molecule has 0 saturated carbocycles. The second-order valence-electron chi connectivity index (χ2n) is 11.2. The molecule has 1 aliphatic heterocycles. The first-order valence-electron chi connectivity index (χ1n) is 13.6. The third-order valence-electron chi connectivity index (χ3n) is 7.19. The van der Waals surface area contributed by atoms with Crippen molar-refractivity contribution in [2.24, 2.45) is 10.9 Å².